The second-order valence-corrected chi connectivity index (χ2v) is 5.68. The highest BCUT2D eigenvalue weighted by atomic mass is 16.6. The molecular formula is C17H21N2O3. The number of carbonyl (C=O) groups excluding carboxylic acids is 1. The van der Waals surface area contributed by atoms with Crippen LogP contribution in [0.3, 0.4) is 0 Å². The summed E-state index contributed by atoms with van der Waals surface area (Å²) in [7, 11) is 0. The average molecular weight is 301 g/mol. The van der Waals surface area contributed by atoms with Gasteiger partial charge in [0.15, 0.2) is 6.23 Å². The molecule has 2 atom stereocenters. The van der Waals surface area contributed by atoms with Crippen LogP contribution in [0, 0.1) is 0 Å². The predicted molar refractivity (Wildman–Crippen MR) is 83.1 cm³/mol. The third-order valence-electron chi connectivity index (χ3n) is 4.25. The first kappa shape index (κ1) is 15.1. The Morgan fingerprint density at radius 2 is 2.18 bits per heavy atom. The number of benzene rings is 1. The first-order valence-corrected chi connectivity index (χ1v) is 7.77. The minimum Gasteiger partial charge on any atom is -0.428 e. The van der Waals surface area contributed by atoms with Gasteiger partial charge in [0, 0.05) is 19.5 Å². The molecule has 0 bridgehead atoms. The molecule has 2 heterocycles. The van der Waals surface area contributed by atoms with Gasteiger partial charge in [-0.25, -0.2) is 4.79 Å². The Balaban J connectivity index is 1.60. The molecule has 0 saturated carbocycles. The summed E-state index contributed by atoms with van der Waals surface area (Å²) in [5, 5.41) is 13.7. The smallest absolute Gasteiger partial charge is 0.411 e. The summed E-state index contributed by atoms with van der Waals surface area (Å²) in [4.78, 5) is 13.9. The van der Waals surface area contributed by atoms with E-state index in [-0.39, 0.29) is 18.7 Å². The number of amides is 1. The first-order chi connectivity index (χ1) is 10.8. The van der Waals surface area contributed by atoms with Crippen molar-refractivity contribution in [3.8, 4) is 0 Å². The van der Waals surface area contributed by atoms with Crippen LogP contribution in [0.4, 0.5) is 4.79 Å². The number of nitrogens with zero attached hydrogens (tertiary/aromatic N) is 2. The van der Waals surface area contributed by atoms with Crippen LogP contribution in [0.25, 0.3) is 5.57 Å². The zero-order chi connectivity index (χ0) is 15.4. The molecule has 1 radical (unpaired) electrons. The van der Waals surface area contributed by atoms with Crippen LogP contribution >= 0.6 is 0 Å². The van der Waals surface area contributed by atoms with E-state index in [1.54, 1.807) is 4.90 Å². The Labute approximate surface area is 130 Å². The molecule has 2 aliphatic rings. The van der Waals surface area contributed by atoms with Gasteiger partial charge in [0.25, 0.3) is 0 Å². The minimum atomic E-state index is -0.437. The Hall–Kier alpha value is -1.85. The van der Waals surface area contributed by atoms with Gasteiger partial charge in [0.1, 0.15) is 0 Å². The molecule has 0 spiro atoms. The van der Waals surface area contributed by atoms with Crippen LogP contribution in [0.1, 0.15) is 24.8 Å². The fourth-order valence-corrected chi connectivity index (χ4v) is 3.03. The van der Waals surface area contributed by atoms with E-state index in [9.17, 15) is 9.90 Å². The van der Waals surface area contributed by atoms with E-state index >= 15 is 0 Å². The zero-order valence-corrected chi connectivity index (χ0v) is 12.5. The third kappa shape index (κ3) is 3.31. The molecule has 1 N–H and O–H groups in total. The van der Waals surface area contributed by atoms with E-state index in [0.29, 0.717) is 19.5 Å². The standard InChI is InChI=1S/C17H21N2O3/c20-12-15-7-4-10-19(15)17(21)22-16-11-14(8-9-18-16)13-5-2-1-3-6-13/h1-3,5-6,8,15-16,20H,4,7,9-12H2/t15-,16?/m0/s1. The normalized spacial score (nSPS) is 25.0. The number of carbonyl (C=O) groups is 1. The highest BCUT2D eigenvalue weighted by Crippen LogP contribution is 2.25. The van der Waals surface area contributed by atoms with Crippen LogP contribution in [-0.2, 0) is 4.74 Å². The summed E-state index contributed by atoms with van der Waals surface area (Å²) in [6, 6.07) is 9.98. The van der Waals surface area contributed by atoms with Gasteiger partial charge in [-0.05, 0) is 24.0 Å². The molecule has 0 aromatic heterocycles. The molecule has 1 amide bonds. The molecule has 1 saturated heterocycles. The fourth-order valence-electron chi connectivity index (χ4n) is 3.03. The second kappa shape index (κ2) is 6.94. The monoisotopic (exact) mass is 301 g/mol. The lowest BCUT2D eigenvalue weighted by Gasteiger charge is -2.27. The number of hydrogen-bond donors (Lipinski definition) is 1. The van der Waals surface area contributed by atoms with Crippen molar-refractivity contribution in [3.05, 3.63) is 42.0 Å². The fraction of sp³-hybridized carbons (Fsp3) is 0.471. The van der Waals surface area contributed by atoms with Gasteiger partial charge in [-0.15, -0.1) is 0 Å². The average Bonchev–Trinajstić information content (AvgIpc) is 3.05. The highest BCUT2D eigenvalue weighted by Gasteiger charge is 2.31. The number of rotatable bonds is 3. The topological polar surface area (TPSA) is 63.9 Å². The summed E-state index contributed by atoms with van der Waals surface area (Å²) in [6.07, 6.45) is 3.63. The third-order valence-corrected chi connectivity index (χ3v) is 4.25. The summed E-state index contributed by atoms with van der Waals surface area (Å²) in [5.41, 5.74) is 2.31. The van der Waals surface area contributed by atoms with Crippen molar-refractivity contribution in [2.45, 2.75) is 31.5 Å². The van der Waals surface area contributed by atoms with Crippen molar-refractivity contribution < 1.29 is 14.6 Å². The molecule has 5 heteroatoms. The van der Waals surface area contributed by atoms with E-state index in [0.717, 1.165) is 24.0 Å². The maximum absolute atomic E-state index is 12.2. The van der Waals surface area contributed by atoms with Crippen molar-refractivity contribution in [1.29, 1.82) is 0 Å². The number of hydrogen-bond acceptors (Lipinski definition) is 3. The predicted octanol–water partition coefficient (Wildman–Crippen LogP) is 2.00. The lowest BCUT2D eigenvalue weighted by Crippen LogP contribution is -2.42. The van der Waals surface area contributed by atoms with Crippen molar-refractivity contribution in [3.63, 3.8) is 0 Å². The lowest BCUT2D eigenvalue weighted by molar-refractivity contribution is 0.0385. The van der Waals surface area contributed by atoms with E-state index in [1.165, 1.54) is 0 Å². The summed E-state index contributed by atoms with van der Waals surface area (Å²) in [5.74, 6) is 0. The molecular weight excluding hydrogens is 280 g/mol. The van der Waals surface area contributed by atoms with Crippen LogP contribution in [0.5, 0.6) is 0 Å². The van der Waals surface area contributed by atoms with Gasteiger partial charge >= 0.3 is 6.09 Å². The highest BCUT2D eigenvalue weighted by molar-refractivity contribution is 5.70. The molecule has 0 aliphatic carbocycles. The van der Waals surface area contributed by atoms with Crippen molar-refractivity contribution >= 4 is 11.7 Å². The van der Waals surface area contributed by atoms with Crippen LogP contribution in [0.15, 0.2) is 36.4 Å². The second-order valence-electron chi connectivity index (χ2n) is 5.68. The maximum atomic E-state index is 12.2. The molecule has 117 valence electrons. The van der Waals surface area contributed by atoms with Gasteiger partial charge in [-0.1, -0.05) is 36.4 Å². The van der Waals surface area contributed by atoms with E-state index in [2.05, 4.69) is 23.5 Å². The van der Waals surface area contributed by atoms with Crippen LogP contribution in [-0.4, -0.2) is 48.1 Å². The molecule has 5 nitrogen and oxygen atoms in total. The Morgan fingerprint density at radius 3 is 2.95 bits per heavy atom. The Kier molecular flexibility index (Phi) is 4.75. The molecule has 1 unspecified atom stereocenters. The van der Waals surface area contributed by atoms with Gasteiger partial charge in [0.05, 0.1) is 12.6 Å². The molecule has 2 aliphatic heterocycles. The van der Waals surface area contributed by atoms with Gasteiger partial charge in [-0.3, -0.25) is 0 Å². The first-order valence-electron chi connectivity index (χ1n) is 7.77. The number of aliphatic hydroxyl groups is 1. The number of ether oxygens (including phenoxy) is 1. The SMILES string of the molecule is O=C(OC1CC(c2ccccc2)=CC[N]1)N1CCC[C@H]1CO. The summed E-state index contributed by atoms with van der Waals surface area (Å²) in [6.45, 7) is 1.20. The van der Waals surface area contributed by atoms with Crippen LogP contribution < -0.4 is 5.32 Å². The molecule has 22 heavy (non-hydrogen) atoms. The van der Waals surface area contributed by atoms with Crippen molar-refractivity contribution in [2.24, 2.45) is 0 Å². The zero-order valence-electron chi connectivity index (χ0n) is 12.5. The summed E-state index contributed by atoms with van der Waals surface area (Å²) < 4.78 is 5.53. The quantitative estimate of drug-likeness (QED) is 0.928. The van der Waals surface area contributed by atoms with E-state index in [4.69, 9.17) is 4.74 Å². The van der Waals surface area contributed by atoms with Crippen LogP contribution in [0.2, 0.25) is 0 Å². The number of aliphatic hydroxyl groups excluding tert-OH is 1. The maximum Gasteiger partial charge on any atom is 0.411 e. The van der Waals surface area contributed by atoms with Gasteiger partial charge in [0.2, 0.25) is 0 Å². The van der Waals surface area contributed by atoms with E-state index in [1.807, 2.05) is 18.2 Å². The molecule has 1 aromatic rings. The number of likely N-dealkylation sites (tertiary alicyclic amines) is 1. The van der Waals surface area contributed by atoms with Crippen molar-refractivity contribution in [2.75, 3.05) is 19.7 Å². The molecule has 1 aromatic carbocycles. The molecule has 1 fully saturated rings. The Morgan fingerprint density at radius 1 is 1.36 bits per heavy atom. The largest absolute Gasteiger partial charge is 0.428 e. The lowest BCUT2D eigenvalue weighted by atomic mass is 9.99. The van der Waals surface area contributed by atoms with Gasteiger partial charge < -0.3 is 14.7 Å². The Bertz CT molecular complexity index is 544. The minimum absolute atomic E-state index is 0.00786. The van der Waals surface area contributed by atoms with E-state index < -0.39 is 6.23 Å². The molecule has 3 rings (SSSR count). The van der Waals surface area contributed by atoms with Crippen molar-refractivity contribution in [1.82, 2.24) is 10.2 Å². The summed E-state index contributed by atoms with van der Waals surface area (Å²) >= 11 is 0. The van der Waals surface area contributed by atoms with Gasteiger partial charge in [-0.2, -0.15) is 5.32 Å².